The molecule has 0 aliphatic carbocycles. The fourth-order valence-electron chi connectivity index (χ4n) is 2.09. The summed E-state index contributed by atoms with van der Waals surface area (Å²) < 4.78 is 38.9. The van der Waals surface area contributed by atoms with Gasteiger partial charge in [-0.1, -0.05) is 12.1 Å². The normalized spacial score (nSPS) is 11.3. The lowest BCUT2D eigenvalue weighted by Crippen LogP contribution is -2.25. The fraction of sp³-hybridized carbons (Fsp3) is 0.250. The van der Waals surface area contributed by atoms with Crippen molar-refractivity contribution in [3.63, 3.8) is 0 Å². The average Bonchev–Trinajstić information content (AvgIpc) is 2.48. The predicted molar refractivity (Wildman–Crippen MR) is 82.0 cm³/mol. The van der Waals surface area contributed by atoms with Crippen molar-refractivity contribution in [3.8, 4) is 11.1 Å². The first kappa shape index (κ1) is 17.0. The maximum Gasteiger partial charge on any atom is 0.416 e. The van der Waals surface area contributed by atoms with Crippen LogP contribution in [0.25, 0.3) is 11.1 Å². The lowest BCUT2D eigenvalue weighted by molar-refractivity contribution is -0.138. The van der Waals surface area contributed by atoms with Crippen molar-refractivity contribution >= 4 is 11.7 Å². The van der Waals surface area contributed by atoms with E-state index in [9.17, 15) is 18.0 Å². The largest absolute Gasteiger partial charge is 0.416 e. The van der Waals surface area contributed by atoms with Crippen LogP contribution in [-0.4, -0.2) is 24.5 Å². The number of anilines is 1. The Balaban J connectivity index is 2.24. The molecule has 2 rings (SSSR count). The molecule has 2 aromatic rings. The highest BCUT2D eigenvalue weighted by Crippen LogP contribution is 2.34. The zero-order valence-electron chi connectivity index (χ0n) is 12.7. The van der Waals surface area contributed by atoms with Gasteiger partial charge in [-0.25, -0.2) is 4.98 Å². The maximum absolute atomic E-state index is 13.0. The number of nitrogens with one attached hydrogen (secondary N) is 2. The van der Waals surface area contributed by atoms with E-state index in [-0.39, 0.29) is 18.0 Å². The van der Waals surface area contributed by atoms with Crippen molar-refractivity contribution < 1.29 is 18.0 Å². The van der Waals surface area contributed by atoms with E-state index in [2.05, 4.69) is 15.6 Å². The number of halogens is 3. The minimum atomic E-state index is -4.39. The van der Waals surface area contributed by atoms with E-state index in [0.717, 1.165) is 6.07 Å². The molecule has 0 saturated heterocycles. The zero-order chi connectivity index (χ0) is 17.0. The molecule has 2 N–H and O–H groups in total. The van der Waals surface area contributed by atoms with Gasteiger partial charge in [0.15, 0.2) is 0 Å². The molecule has 0 atom stereocenters. The van der Waals surface area contributed by atoms with Crippen molar-refractivity contribution in [1.29, 1.82) is 0 Å². The van der Waals surface area contributed by atoms with Crippen LogP contribution in [0.2, 0.25) is 0 Å². The van der Waals surface area contributed by atoms with Crippen molar-refractivity contribution in [2.75, 3.05) is 18.9 Å². The molecule has 0 aliphatic heterocycles. The first-order chi connectivity index (χ1) is 10.8. The molecule has 0 bridgehead atoms. The van der Waals surface area contributed by atoms with Crippen molar-refractivity contribution in [2.24, 2.45) is 0 Å². The number of hydrogen-bond acceptors (Lipinski definition) is 3. The number of likely N-dealkylation sites (N-methyl/N-ethyl adjacent to an activating group) is 1. The van der Waals surface area contributed by atoms with Gasteiger partial charge in [-0.05, 0) is 43.3 Å². The lowest BCUT2D eigenvalue weighted by atomic mass is 10.0. The molecule has 4 nitrogen and oxygen atoms in total. The van der Waals surface area contributed by atoms with Crippen molar-refractivity contribution in [1.82, 2.24) is 10.3 Å². The van der Waals surface area contributed by atoms with Gasteiger partial charge in [0.05, 0.1) is 12.1 Å². The molecule has 0 saturated carbocycles. The molecule has 7 heteroatoms. The molecule has 1 heterocycles. The summed E-state index contributed by atoms with van der Waals surface area (Å²) in [7, 11) is 1.64. The van der Waals surface area contributed by atoms with E-state index in [1.54, 1.807) is 25.2 Å². The number of aromatic nitrogens is 1. The summed E-state index contributed by atoms with van der Waals surface area (Å²) in [6, 6.07) is 7.32. The lowest BCUT2D eigenvalue weighted by Gasteiger charge is -2.12. The first-order valence-electron chi connectivity index (χ1n) is 6.90. The zero-order valence-corrected chi connectivity index (χ0v) is 12.7. The van der Waals surface area contributed by atoms with Crippen LogP contribution in [-0.2, 0) is 11.0 Å². The van der Waals surface area contributed by atoms with Gasteiger partial charge in [-0.3, -0.25) is 4.79 Å². The van der Waals surface area contributed by atoms with Crippen molar-refractivity contribution in [3.05, 3.63) is 47.7 Å². The van der Waals surface area contributed by atoms with E-state index in [1.807, 2.05) is 0 Å². The average molecular weight is 323 g/mol. The minimum Gasteiger partial charge on any atom is -0.311 e. The Hall–Kier alpha value is -2.41. The first-order valence-corrected chi connectivity index (χ1v) is 6.90. The van der Waals surface area contributed by atoms with Crippen LogP contribution in [0.3, 0.4) is 0 Å². The summed E-state index contributed by atoms with van der Waals surface area (Å²) in [6.07, 6.45) is -2.96. The minimum absolute atomic E-state index is 0.149. The smallest absolute Gasteiger partial charge is 0.311 e. The molecular formula is C16H16F3N3O. The Morgan fingerprint density at radius 2 is 1.87 bits per heavy atom. The van der Waals surface area contributed by atoms with Gasteiger partial charge in [0, 0.05) is 11.8 Å². The highest BCUT2D eigenvalue weighted by Gasteiger charge is 2.32. The van der Waals surface area contributed by atoms with E-state index in [1.165, 1.54) is 19.2 Å². The van der Waals surface area contributed by atoms with Gasteiger partial charge in [-0.15, -0.1) is 0 Å². The molecule has 0 aliphatic rings. The van der Waals surface area contributed by atoms with Gasteiger partial charge in [0.1, 0.15) is 5.82 Å². The summed E-state index contributed by atoms with van der Waals surface area (Å²) in [5.41, 5.74) is 0.470. The SMILES string of the molecule is CNCC(=O)Nc1ccc(-c2ccc(C)c(C(F)(F)F)c2)cn1. The van der Waals surface area contributed by atoms with Gasteiger partial charge < -0.3 is 10.6 Å². The molecule has 1 amide bonds. The van der Waals surface area contributed by atoms with E-state index < -0.39 is 11.7 Å². The second kappa shape index (κ2) is 6.78. The number of pyridine rings is 1. The second-order valence-corrected chi connectivity index (χ2v) is 5.04. The highest BCUT2D eigenvalue weighted by atomic mass is 19.4. The van der Waals surface area contributed by atoms with Crippen LogP contribution in [0.4, 0.5) is 19.0 Å². The number of hydrogen-bond donors (Lipinski definition) is 2. The Labute approximate surface area is 131 Å². The molecule has 1 aromatic carbocycles. The van der Waals surface area contributed by atoms with Gasteiger partial charge in [0.25, 0.3) is 0 Å². The van der Waals surface area contributed by atoms with Gasteiger partial charge in [0.2, 0.25) is 5.91 Å². The number of rotatable bonds is 4. The summed E-state index contributed by atoms with van der Waals surface area (Å²) >= 11 is 0. The fourth-order valence-corrected chi connectivity index (χ4v) is 2.09. The molecule has 0 radical (unpaired) electrons. The molecule has 23 heavy (non-hydrogen) atoms. The Morgan fingerprint density at radius 3 is 2.43 bits per heavy atom. The number of aryl methyl sites for hydroxylation is 1. The Morgan fingerprint density at radius 1 is 1.17 bits per heavy atom. The third-order valence-corrected chi connectivity index (χ3v) is 3.24. The van der Waals surface area contributed by atoms with E-state index >= 15 is 0 Å². The third-order valence-electron chi connectivity index (χ3n) is 3.24. The summed E-state index contributed by atoms with van der Waals surface area (Å²) in [6.45, 7) is 1.57. The topological polar surface area (TPSA) is 54.0 Å². The molecule has 122 valence electrons. The number of benzene rings is 1. The van der Waals surface area contributed by atoms with Crippen LogP contribution in [0, 0.1) is 6.92 Å². The predicted octanol–water partition coefficient (Wildman–Crippen LogP) is 3.23. The Bertz CT molecular complexity index is 697. The van der Waals surface area contributed by atoms with Gasteiger partial charge in [-0.2, -0.15) is 13.2 Å². The summed E-state index contributed by atoms with van der Waals surface area (Å²) in [5, 5.41) is 5.28. The third kappa shape index (κ3) is 4.29. The van der Waals surface area contributed by atoms with Crippen LogP contribution >= 0.6 is 0 Å². The number of carbonyl (C=O) groups excluding carboxylic acids is 1. The van der Waals surface area contributed by atoms with Crippen LogP contribution < -0.4 is 10.6 Å². The number of nitrogens with zero attached hydrogens (tertiary/aromatic N) is 1. The molecule has 0 fully saturated rings. The Kier molecular flexibility index (Phi) is 5.00. The highest BCUT2D eigenvalue weighted by molar-refractivity contribution is 5.91. The van der Waals surface area contributed by atoms with E-state index in [4.69, 9.17) is 0 Å². The standard InChI is InChI=1S/C16H16F3N3O/c1-10-3-4-11(7-13(10)16(17,18)19)12-5-6-14(21-8-12)22-15(23)9-20-2/h3-8,20H,9H2,1-2H3,(H,21,22,23). The van der Waals surface area contributed by atoms with E-state index in [0.29, 0.717) is 16.9 Å². The van der Waals surface area contributed by atoms with Crippen LogP contribution in [0.1, 0.15) is 11.1 Å². The molecule has 0 spiro atoms. The van der Waals surface area contributed by atoms with Gasteiger partial charge >= 0.3 is 6.18 Å². The molecule has 1 aromatic heterocycles. The molecule has 0 unspecified atom stereocenters. The number of carbonyl (C=O) groups is 1. The second-order valence-electron chi connectivity index (χ2n) is 5.04. The summed E-state index contributed by atoms with van der Waals surface area (Å²) in [5.74, 6) is 0.0969. The van der Waals surface area contributed by atoms with Crippen LogP contribution in [0.5, 0.6) is 0 Å². The summed E-state index contributed by atoms with van der Waals surface area (Å²) in [4.78, 5) is 15.5. The van der Waals surface area contributed by atoms with Crippen molar-refractivity contribution in [2.45, 2.75) is 13.1 Å². The quantitative estimate of drug-likeness (QED) is 0.908. The maximum atomic E-state index is 13.0. The number of alkyl halides is 3. The monoisotopic (exact) mass is 323 g/mol. The molecular weight excluding hydrogens is 307 g/mol. The number of amides is 1. The van der Waals surface area contributed by atoms with Crippen LogP contribution in [0.15, 0.2) is 36.5 Å².